The fourth-order valence-electron chi connectivity index (χ4n) is 1.10. The van der Waals surface area contributed by atoms with E-state index < -0.39 is 10.1 Å². The largest absolute Gasteiger partial charge is 0.270 e. The Labute approximate surface area is 88.0 Å². The first-order valence-electron chi connectivity index (χ1n) is 5.42. The van der Waals surface area contributed by atoms with Gasteiger partial charge in [0.2, 0.25) is 0 Å². The molecule has 4 heteroatoms. The summed E-state index contributed by atoms with van der Waals surface area (Å²) in [6.07, 6.45) is 3.51. The molecule has 14 heavy (non-hydrogen) atoms. The third-order valence-corrected chi connectivity index (χ3v) is 3.67. The third-order valence-electron chi connectivity index (χ3n) is 2.39. The van der Waals surface area contributed by atoms with Crippen LogP contribution in [0.3, 0.4) is 0 Å². The summed E-state index contributed by atoms with van der Waals surface area (Å²) >= 11 is 0. The lowest BCUT2D eigenvalue weighted by Gasteiger charge is -2.12. The number of hydrogen-bond acceptors (Lipinski definition) is 3. The van der Waals surface area contributed by atoms with Crippen LogP contribution in [0.5, 0.6) is 0 Å². The van der Waals surface area contributed by atoms with Crippen LogP contribution in [-0.2, 0) is 14.3 Å². The van der Waals surface area contributed by atoms with Crippen molar-refractivity contribution in [2.45, 2.75) is 46.5 Å². The van der Waals surface area contributed by atoms with Gasteiger partial charge in [-0.15, -0.1) is 0 Å². The van der Waals surface area contributed by atoms with Gasteiger partial charge in [-0.25, -0.2) is 0 Å². The first kappa shape index (κ1) is 13.9. The van der Waals surface area contributed by atoms with Crippen molar-refractivity contribution >= 4 is 10.1 Å². The molecule has 3 nitrogen and oxygen atoms in total. The topological polar surface area (TPSA) is 43.4 Å². The molecule has 0 amide bonds. The van der Waals surface area contributed by atoms with Crippen LogP contribution in [0.4, 0.5) is 0 Å². The van der Waals surface area contributed by atoms with Crippen LogP contribution in [0, 0.1) is 5.92 Å². The second-order valence-corrected chi connectivity index (χ2v) is 5.34. The van der Waals surface area contributed by atoms with Crippen molar-refractivity contribution in [1.82, 2.24) is 0 Å². The van der Waals surface area contributed by atoms with E-state index in [1.165, 1.54) is 0 Å². The minimum absolute atomic E-state index is 0.156. The van der Waals surface area contributed by atoms with E-state index in [9.17, 15) is 8.42 Å². The standard InChI is InChI=1S/C10H22O3S/c1-4-7-8-14(11,12)13-9-10(5-2)6-3/h10H,4-9H2,1-3H3. The van der Waals surface area contributed by atoms with Crippen molar-refractivity contribution < 1.29 is 12.6 Å². The van der Waals surface area contributed by atoms with E-state index in [1.807, 2.05) is 6.92 Å². The molecule has 0 bridgehead atoms. The van der Waals surface area contributed by atoms with Crippen LogP contribution in [0.25, 0.3) is 0 Å². The fraction of sp³-hybridized carbons (Fsp3) is 1.00. The summed E-state index contributed by atoms with van der Waals surface area (Å²) in [5.74, 6) is 0.523. The predicted octanol–water partition coefficient (Wildman–Crippen LogP) is 2.57. The van der Waals surface area contributed by atoms with E-state index in [-0.39, 0.29) is 5.75 Å². The Morgan fingerprint density at radius 2 is 1.71 bits per heavy atom. The van der Waals surface area contributed by atoms with Crippen molar-refractivity contribution in [2.75, 3.05) is 12.4 Å². The summed E-state index contributed by atoms with van der Waals surface area (Å²) in [5.41, 5.74) is 0. The van der Waals surface area contributed by atoms with Gasteiger partial charge in [0.15, 0.2) is 0 Å². The average molecular weight is 222 g/mol. The molecule has 0 aromatic rings. The highest BCUT2D eigenvalue weighted by Crippen LogP contribution is 2.10. The van der Waals surface area contributed by atoms with Crippen LogP contribution in [0.1, 0.15) is 46.5 Å². The highest BCUT2D eigenvalue weighted by atomic mass is 32.2. The van der Waals surface area contributed by atoms with Gasteiger partial charge < -0.3 is 0 Å². The van der Waals surface area contributed by atoms with Crippen molar-refractivity contribution in [3.63, 3.8) is 0 Å². The lowest BCUT2D eigenvalue weighted by Crippen LogP contribution is -2.16. The maximum Gasteiger partial charge on any atom is 0.267 e. The second kappa shape index (κ2) is 7.23. The van der Waals surface area contributed by atoms with Gasteiger partial charge in [0.05, 0.1) is 12.4 Å². The summed E-state index contributed by atoms with van der Waals surface area (Å²) in [7, 11) is -3.26. The molecule has 0 rings (SSSR count). The smallest absolute Gasteiger partial charge is 0.267 e. The van der Waals surface area contributed by atoms with E-state index in [4.69, 9.17) is 4.18 Å². The van der Waals surface area contributed by atoms with E-state index in [0.717, 1.165) is 19.3 Å². The first-order valence-corrected chi connectivity index (χ1v) is 7.00. The molecule has 86 valence electrons. The molecule has 0 fully saturated rings. The van der Waals surface area contributed by atoms with Gasteiger partial charge in [-0.1, -0.05) is 40.0 Å². The zero-order valence-electron chi connectivity index (χ0n) is 9.45. The van der Waals surface area contributed by atoms with Crippen LogP contribution >= 0.6 is 0 Å². The average Bonchev–Trinajstić information content (AvgIpc) is 2.16. The molecule has 0 heterocycles. The normalized spacial score (nSPS) is 12.3. The lowest BCUT2D eigenvalue weighted by molar-refractivity contribution is 0.245. The van der Waals surface area contributed by atoms with Gasteiger partial charge in [0.25, 0.3) is 10.1 Å². The highest BCUT2D eigenvalue weighted by Gasteiger charge is 2.13. The van der Waals surface area contributed by atoms with Crippen LogP contribution in [-0.4, -0.2) is 20.8 Å². The molecule has 0 atom stereocenters. The Morgan fingerprint density at radius 3 is 2.14 bits per heavy atom. The van der Waals surface area contributed by atoms with Crippen LogP contribution in [0.2, 0.25) is 0 Å². The van der Waals surface area contributed by atoms with Crippen molar-refractivity contribution in [3.05, 3.63) is 0 Å². The Balaban J connectivity index is 3.86. The maximum absolute atomic E-state index is 11.3. The van der Waals surface area contributed by atoms with Gasteiger partial charge >= 0.3 is 0 Å². The van der Waals surface area contributed by atoms with Crippen molar-refractivity contribution in [3.8, 4) is 0 Å². The summed E-state index contributed by atoms with van der Waals surface area (Å²) in [6.45, 7) is 6.42. The third kappa shape index (κ3) is 6.38. The zero-order chi connectivity index (χ0) is 11.0. The van der Waals surface area contributed by atoms with E-state index in [2.05, 4.69) is 13.8 Å². The Hall–Kier alpha value is -0.0900. The highest BCUT2D eigenvalue weighted by molar-refractivity contribution is 7.86. The lowest BCUT2D eigenvalue weighted by atomic mass is 10.1. The summed E-state index contributed by atoms with van der Waals surface area (Å²) < 4.78 is 27.6. The van der Waals surface area contributed by atoms with Gasteiger partial charge in [-0.3, -0.25) is 4.18 Å². The molecule has 0 aliphatic carbocycles. The first-order chi connectivity index (χ1) is 6.55. The molecule has 0 aromatic heterocycles. The van der Waals surface area contributed by atoms with E-state index in [0.29, 0.717) is 18.9 Å². The minimum atomic E-state index is -3.26. The molecule has 0 radical (unpaired) electrons. The van der Waals surface area contributed by atoms with E-state index in [1.54, 1.807) is 0 Å². The quantitative estimate of drug-likeness (QED) is 0.593. The molecule has 0 spiro atoms. The Morgan fingerprint density at radius 1 is 1.14 bits per heavy atom. The van der Waals surface area contributed by atoms with Gasteiger partial charge in [0, 0.05) is 0 Å². The molecular formula is C10H22O3S. The van der Waals surface area contributed by atoms with E-state index >= 15 is 0 Å². The maximum atomic E-state index is 11.3. The monoisotopic (exact) mass is 222 g/mol. The van der Waals surface area contributed by atoms with Crippen LogP contribution < -0.4 is 0 Å². The summed E-state index contributed by atoms with van der Waals surface area (Å²) in [5, 5.41) is 0. The molecule has 0 unspecified atom stereocenters. The molecule has 0 aliphatic rings. The molecule has 0 aliphatic heterocycles. The predicted molar refractivity (Wildman–Crippen MR) is 58.7 cm³/mol. The van der Waals surface area contributed by atoms with Crippen LogP contribution in [0.15, 0.2) is 0 Å². The van der Waals surface area contributed by atoms with Gasteiger partial charge in [-0.2, -0.15) is 8.42 Å². The molecular weight excluding hydrogens is 200 g/mol. The molecule has 0 N–H and O–H groups in total. The fourth-order valence-corrected chi connectivity index (χ4v) is 2.26. The molecule has 0 saturated heterocycles. The summed E-state index contributed by atoms with van der Waals surface area (Å²) in [6, 6.07) is 0. The number of hydrogen-bond donors (Lipinski definition) is 0. The number of rotatable bonds is 8. The number of unbranched alkanes of at least 4 members (excludes halogenated alkanes) is 1. The van der Waals surface area contributed by atoms with Gasteiger partial charge in [0.1, 0.15) is 0 Å². The molecule has 0 aromatic carbocycles. The minimum Gasteiger partial charge on any atom is -0.270 e. The van der Waals surface area contributed by atoms with Crippen molar-refractivity contribution in [1.29, 1.82) is 0 Å². The summed E-state index contributed by atoms with van der Waals surface area (Å²) in [4.78, 5) is 0. The molecule has 0 saturated carbocycles. The Kier molecular flexibility index (Phi) is 7.19. The van der Waals surface area contributed by atoms with Gasteiger partial charge in [-0.05, 0) is 12.3 Å². The second-order valence-electron chi connectivity index (χ2n) is 3.58. The zero-order valence-corrected chi connectivity index (χ0v) is 10.3. The SMILES string of the molecule is CCCCS(=O)(=O)OCC(CC)CC. The Bertz CT molecular complexity index is 218. The van der Waals surface area contributed by atoms with Crippen molar-refractivity contribution in [2.24, 2.45) is 5.92 Å².